The van der Waals surface area contributed by atoms with Crippen LogP contribution in [-0.2, 0) is 9.53 Å². The summed E-state index contributed by atoms with van der Waals surface area (Å²) < 4.78 is 5.38. The van der Waals surface area contributed by atoms with Crippen LogP contribution in [0.4, 0.5) is 10.5 Å². The topological polar surface area (TPSA) is 61.9 Å². The molecular formula is C23H29N3O3. The molecule has 6 nitrogen and oxygen atoms in total. The van der Waals surface area contributed by atoms with Crippen LogP contribution in [0.2, 0.25) is 0 Å². The van der Waals surface area contributed by atoms with Gasteiger partial charge >= 0.3 is 6.03 Å². The lowest BCUT2D eigenvalue weighted by Crippen LogP contribution is -2.39. The van der Waals surface area contributed by atoms with E-state index in [1.807, 2.05) is 46.2 Å². The first-order valence-electron chi connectivity index (χ1n) is 10.6. The highest BCUT2D eigenvalue weighted by molar-refractivity contribution is 5.93. The highest BCUT2D eigenvalue weighted by atomic mass is 16.5. The van der Waals surface area contributed by atoms with Gasteiger partial charge in [0.2, 0.25) is 5.91 Å². The summed E-state index contributed by atoms with van der Waals surface area (Å²) in [5.41, 5.74) is 0.797. The van der Waals surface area contributed by atoms with Crippen LogP contribution in [0.3, 0.4) is 0 Å². The summed E-state index contributed by atoms with van der Waals surface area (Å²) in [7, 11) is 0. The number of carbonyl (C=O) groups excluding carboxylic acids is 2. The molecule has 2 aromatic carbocycles. The van der Waals surface area contributed by atoms with Gasteiger partial charge in [0.05, 0.1) is 0 Å². The number of carbonyl (C=O) groups is 2. The summed E-state index contributed by atoms with van der Waals surface area (Å²) in [6.07, 6.45) is 3.36. The van der Waals surface area contributed by atoms with Crippen LogP contribution in [0.1, 0.15) is 25.7 Å². The average Bonchev–Trinajstić information content (AvgIpc) is 3.01. The lowest BCUT2D eigenvalue weighted by Gasteiger charge is -2.26. The molecule has 2 aliphatic rings. The van der Waals surface area contributed by atoms with E-state index in [2.05, 4.69) is 11.4 Å². The molecule has 0 bridgehead atoms. The summed E-state index contributed by atoms with van der Waals surface area (Å²) in [5.74, 6) is 0.653. The minimum atomic E-state index is -0.0981. The van der Waals surface area contributed by atoms with Crippen molar-refractivity contribution in [3.05, 3.63) is 42.5 Å². The molecule has 2 heterocycles. The zero-order chi connectivity index (χ0) is 20.1. The molecule has 0 aliphatic carbocycles. The molecule has 1 N–H and O–H groups in total. The minimum Gasteiger partial charge on any atom is -0.381 e. The second-order valence-electron chi connectivity index (χ2n) is 7.97. The van der Waals surface area contributed by atoms with E-state index in [1.165, 1.54) is 0 Å². The van der Waals surface area contributed by atoms with E-state index in [4.69, 9.17) is 4.74 Å². The van der Waals surface area contributed by atoms with Gasteiger partial charge in [-0.15, -0.1) is 0 Å². The van der Waals surface area contributed by atoms with Gasteiger partial charge in [-0.2, -0.15) is 0 Å². The predicted molar refractivity (Wildman–Crippen MR) is 114 cm³/mol. The Hall–Kier alpha value is -2.60. The Morgan fingerprint density at radius 3 is 2.48 bits per heavy atom. The number of fused-ring (bicyclic) bond motifs is 1. The number of nitrogens with zero attached hydrogens (tertiary/aromatic N) is 2. The Morgan fingerprint density at radius 1 is 0.931 bits per heavy atom. The van der Waals surface area contributed by atoms with Crippen molar-refractivity contribution in [2.45, 2.75) is 25.7 Å². The van der Waals surface area contributed by atoms with E-state index in [0.29, 0.717) is 32.0 Å². The molecule has 6 heteroatoms. The van der Waals surface area contributed by atoms with Gasteiger partial charge in [0.1, 0.15) is 0 Å². The number of hydrogen-bond acceptors (Lipinski definition) is 3. The standard InChI is InChI=1S/C23H29N3O3/c27-22(16-18-8-14-29-15-9-18)25-10-3-11-26(13-12-25)23(28)24-21-7-6-19-4-1-2-5-20(19)17-21/h1-2,4-7,17-18H,3,8-16H2,(H,24,28). The number of hydrogen-bond donors (Lipinski definition) is 1. The molecule has 4 rings (SSSR count). The van der Waals surface area contributed by atoms with E-state index in [1.54, 1.807) is 0 Å². The summed E-state index contributed by atoms with van der Waals surface area (Å²) in [5, 5.41) is 5.27. The largest absolute Gasteiger partial charge is 0.381 e. The Kier molecular flexibility index (Phi) is 6.30. The van der Waals surface area contributed by atoms with Crippen molar-refractivity contribution in [3.63, 3.8) is 0 Å². The van der Waals surface area contributed by atoms with Crippen LogP contribution in [0.5, 0.6) is 0 Å². The highest BCUT2D eigenvalue weighted by Crippen LogP contribution is 2.21. The Balaban J connectivity index is 1.31. The van der Waals surface area contributed by atoms with E-state index < -0.39 is 0 Å². The number of amides is 3. The van der Waals surface area contributed by atoms with Gasteiger partial charge in [0.15, 0.2) is 0 Å². The van der Waals surface area contributed by atoms with Crippen LogP contribution < -0.4 is 5.32 Å². The molecule has 0 unspecified atom stereocenters. The lowest BCUT2D eigenvalue weighted by atomic mass is 9.96. The third-order valence-electron chi connectivity index (χ3n) is 5.94. The number of benzene rings is 2. The maximum absolute atomic E-state index is 12.7. The zero-order valence-corrected chi connectivity index (χ0v) is 16.8. The molecule has 3 amide bonds. The fourth-order valence-corrected chi connectivity index (χ4v) is 4.17. The fourth-order valence-electron chi connectivity index (χ4n) is 4.17. The first-order valence-corrected chi connectivity index (χ1v) is 10.6. The first kappa shape index (κ1) is 19.7. The van der Waals surface area contributed by atoms with Crippen LogP contribution in [-0.4, -0.2) is 61.1 Å². The third-order valence-corrected chi connectivity index (χ3v) is 5.94. The summed E-state index contributed by atoms with van der Waals surface area (Å²) >= 11 is 0. The normalized spacial score (nSPS) is 18.5. The first-order chi connectivity index (χ1) is 14.2. The van der Waals surface area contributed by atoms with Crippen molar-refractivity contribution >= 4 is 28.4 Å². The number of urea groups is 1. The van der Waals surface area contributed by atoms with Crippen molar-refractivity contribution in [2.75, 3.05) is 44.7 Å². The van der Waals surface area contributed by atoms with Crippen molar-refractivity contribution in [1.29, 1.82) is 0 Å². The second kappa shape index (κ2) is 9.27. The summed E-state index contributed by atoms with van der Waals surface area (Å²) in [6.45, 7) is 4.09. The van der Waals surface area contributed by atoms with Crippen molar-refractivity contribution in [2.24, 2.45) is 5.92 Å². The summed E-state index contributed by atoms with van der Waals surface area (Å²) in [4.78, 5) is 29.2. The quantitative estimate of drug-likeness (QED) is 0.862. The maximum Gasteiger partial charge on any atom is 0.321 e. The van der Waals surface area contributed by atoms with E-state index in [0.717, 1.165) is 55.5 Å². The molecular weight excluding hydrogens is 366 g/mol. The molecule has 2 saturated heterocycles. The molecule has 29 heavy (non-hydrogen) atoms. The SMILES string of the molecule is O=C(CC1CCOCC1)N1CCCN(C(=O)Nc2ccc3ccccc3c2)CC1. The van der Waals surface area contributed by atoms with Gasteiger partial charge in [0, 0.05) is 51.5 Å². The molecule has 2 aliphatic heterocycles. The van der Waals surface area contributed by atoms with Crippen LogP contribution in [0, 0.1) is 5.92 Å². The highest BCUT2D eigenvalue weighted by Gasteiger charge is 2.25. The molecule has 2 aromatic rings. The van der Waals surface area contributed by atoms with Crippen molar-refractivity contribution < 1.29 is 14.3 Å². The Bertz CT molecular complexity index is 863. The smallest absolute Gasteiger partial charge is 0.321 e. The van der Waals surface area contributed by atoms with Crippen molar-refractivity contribution in [1.82, 2.24) is 9.80 Å². The van der Waals surface area contributed by atoms with Crippen LogP contribution in [0.25, 0.3) is 10.8 Å². The molecule has 0 atom stereocenters. The van der Waals surface area contributed by atoms with Crippen LogP contribution >= 0.6 is 0 Å². The van der Waals surface area contributed by atoms with Gasteiger partial charge in [-0.25, -0.2) is 4.79 Å². The van der Waals surface area contributed by atoms with E-state index in [-0.39, 0.29) is 11.9 Å². The van der Waals surface area contributed by atoms with Gasteiger partial charge in [-0.1, -0.05) is 30.3 Å². The van der Waals surface area contributed by atoms with E-state index >= 15 is 0 Å². The van der Waals surface area contributed by atoms with Gasteiger partial charge < -0.3 is 19.9 Å². The maximum atomic E-state index is 12.7. The monoisotopic (exact) mass is 395 g/mol. The van der Waals surface area contributed by atoms with Gasteiger partial charge in [-0.05, 0) is 48.1 Å². The Morgan fingerprint density at radius 2 is 1.66 bits per heavy atom. The average molecular weight is 396 g/mol. The zero-order valence-electron chi connectivity index (χ0n) is 16.8. The predicted octanol–water partition coefficient (Wildman–Crippen LogP) is 3.72. The van der Waals surface area contributed by atoms with Crippen LogP contribution in [0.15, 0.2) is 42.5 Å². The molecule has 0 spiro atoms. The molecule has 0 aromatic heterocycles. The van der Waals surface area contributed by atoms with E-state index in [9.17, 15) is 9.59 Å². The van der Waals surface area contributed by atoms with Crippen molar-refractivity contribution in [3.8, 4) is 0 Å². The van der Waals surface area contributed by atoms with Gasteiger partial charge in [0.25, 0.3) is 0 Å². The Labute approximate surface area is 171 Å². The number of anilines is 1. The van der Waals surface area contributed by atoms with Gasteiger partial charge in [-0.3, -0.25) is 4.79 Å². The third kappa shape index (κ3) is 5.07. The number of ether oxygens (including phenoxy) is 1. The molecule has 0 saturated carbocycles. The molecule has 154 valence electrons. The lowest BCUT2D eigenvalue weighted by molar-refractivity contribution is -0.132. The number of nitrogens with one attached hydrogen (secondary N) is 1. The second-order valence-corrected chi connectivity index (χ2v) is 7.97. The number of rotatable bonds is 3. The molecule has 0 radical (unpaired) electrons. The summed E-state index contributed by atoms with van der Waals surface area (Å²) in [6, 6.07) is 13.9. The molecule has 2 fully saturated rings. The minimum absolute atomic E-state index is 0.0981. The fraction of sp³-hybridized carbons (Fsp3) is 0.478.